The summed E-state index contributed by atoms with van der Waals surface area (Å²) in [4.78, 5) is 31.5. The molecule has 0 radical (unpaired) electrons. The summed E-state index contributed by atoms with van der Waals surface area (Å²) in [5.74, 6) is 0.356. The Bertz CT molecular complexity index is 723. The van der Waals surface area contributed by atoms with E-state index in [-0.39, 0.29) is 11.2 Å². The molecule has 0 aliphatic carbocycles. The number of aromatic amines is 1. The van der Waals surface area contributed by atoms with Crippen LogP contribution < -0.4 is 11.2 Å². The average molecular weight is 309 g/mol. The Morgan fingerprint density at radius 2 is 1.95 bits per heavy atom. The first-order chi connectivity index (χ1) is 9.97. The predicted molar refractivity (Wildman–Crippen MR) is 88.6 cm³/mol. The van der Waals surface area contributed by atoms with Crippen molar-refractivity contribution in [2.75, 3.05) is 19.6 Å². The van der Waals surface area contributed by atoms with E-state index < -0.39 is 0 Å². The molecule has 0 atom stereocenters. The average Bonchev–Trinajstić information content (AvgIpc) is 2.87. The number of nitrogens with one attached hydrogen (secondary N) is 1. The van der Waals surface area contributed by atoms with E-state index in [9.17, 15) is 9.59 Å². The van der Waals surface area contributed by atoms with E-state index in [1.165, 1.54) is 15.9 Å². The molecule has 21 heavy (non-hydrogen) atoms. The molecule has 0 fully saturated rings. The molecule has 0 saturated heterocycles. The lowest BCUT2D eigenvalue weighted by atomic mass is 10.2. The van der Waals surface area contributed by atoms with Crippen molar-refractivity contribution in [3.05, 3.63) is 31.8 Å². The van der Waals surface area contributed by atoms with E-state index in [4.69, 9.17) is 0 Å². The van der Waals surface area contributed by atoms with E-state index in [0.29, 0.717) is 29.2 Å². The number of aromatic nitrogens is 2. The molecular formula is C15H23N3O2S. The van der Waals surface area contributed by atoms with Gasteiger partial charge in [-0.15, -0.1) is 11.3 Å². The summed E-state index contributed by atoms with van der Waals surface area (Å²) in [5.41, 5.74) is -0.485. The Kier molecular flexibility index (Phi) is 5.00. The summed E-state index contributed by atoms with van der Waals surface area (Å²) in [7, 11) is 0. The minimum absolute atomic E-state index is 0.177. The van der Waals surface area contributed by atoms with Crippen molar-refractivity contribution in [1.82, 2.24) is 14.5 Å². The molecule has 0 aliphatic heterocycles. The summed E-state index contributed by atoms with van der Waals surface area (Å²) < 4.78 is 1.32. The molecule has 2 aromatic rings. The van der Waals surface area contributed by atoms with Gasteiger partial charge in [0.1, 0.15) is 4.83 Å². The van der Waals surface area contributed by atoms with Gasteiger partial charge < -0.3 is 4.90 Å². The number of rotatable bonds is 6. The molecule has 116 valence electrons. The topological polar surface area (TPSA) is 58.1 Å². The fourth-order valence-corrected chi connectivity index (χ4v) is 3.38. The highest BCUT2D eigenvalue weighted by Crippen LogP contribution is 2.26. The van der Waals surface area contributed by atoms with Crippen molar-refractivity contribution in [2.45, 2.75) is 40.2 Å². The van der Waals surface area contributed by atoms with Gasteiger partial charge in [0.05, 0.1) is 5.39 Å². The quantitative estimate of drug-likeness (QED) is 0.890. The summed E-state index contributed by atoms with van der Waals surface area (Å²) in [6, 6.07) is 1.91. The van der Waals surface area contributed by atoms with Gasteiger partial charge in [0.2, 0.25) is 0 Å². The van der Waals surface area contributed by atoms with E-state index in [1.54, 1.807) is 0 Å². The van der Waals surface area contributed by atoms with E-state index in [1.807, 2.05) is 6.07 Å². The van der Waals surface area contributed by atoms with Gasteiger partial charge in [-0.3, -0.25) is 14.3 Å². The smallest absolute Gasteiger partial charge is 0.302 e. The molecule has 1 N–H and O–H groups in total. The second-order valence-corrected chi connectivity index (χ2v) is 6.54. The number of H-pyrrole nitrogens is 1. The van der Waals surface area contributed by atoms with Crippen molar-refractivity contribution >= 4 is 21.6 Å². The van der Waals surface area contributed by atoms with Gasteiger partial charge in [-0.25, -0.2) is 4.79 Å². The lowest BCUT2D eigenvalue weighted by molar-refractivity contribution is 0.287. The van der Waals surface area contributed by atoms with Crippen LogP contribution in [0.25, 0.3) is 10.2 Å². The molecular weight excluding hydrogens is 286 g/mol. The van der Waals surface area contributed by atoms with Crippen LogP contribution in [0.3, 0.4) is 0 Å². The van der Waals surface area contributed by atoms with Crippen LogP contribution in [0.5, 0.6) is 0 Å². The molecule has 6 heteroatoms. The zero-order valence-corrected chi connectivity index (χ0v) is 13.9. The van der Waals surface area contributed by atoms with Gasteiger partial charge in [0.25, 0.3) is 5.56 Å². The first-order valence-electron chi connectivity index (χ1n) is 7.46. The minimum Gasteiger partial charge on any atom is -0.302 e. The van der Waals surface area contributed by atoms with Crippen molar-refractivity contribution in [3.8, 4) is 0 Å². The molecule has 0 unspecified atom stereocenters. The van der Waals surface area contributed by atoms with E-state index >= 15 is 0 Å². The van der Waals surface area contributed by atoms with Gasteiger partial charge in [0.15, 0.2) is 0 Å². The monoisotopic (exact) mass is 309 g/mol. The standard InChI is InChI=1S/C15H23N3O2S/c1-5-17(6-2)7-8-18-14(19)11-9-12(10(3)4)21-13(11)16-15(18)20/h9-10H,5-8H2,1-4H3,(H,16,20). The first kappa shape index (κ1) is 16.0. The maximum atomic E-state index is 12.5. The summed E-state index contributed by atoms with van der Waals surface area (Å²) in [6.45, 7) is 11.3. The maximum absolute atomic E-state index is 12.5. The Labute approximate surface area is 128 Å². The van der Waals surface area contributed by atoms with E-state index in [0.717, 1.165) is 18.0 Å². The zero-order chi connectivity index (χ0) is 15.6. The Morgan fingerprint density at radius 3 is 2.52 bits per heavy atom. The highest BCUT2D eigenvalue weighted by molar-refractivity contribution is 7.18. The van der Waals surface area contributed by atoms with Crippen LogP contribution in [-0.4, -0.2) is 34.1 Å². The van der Waals surface area contributed by atoms with E-state index in [2.05, 4.69) is 37.6 Å². The predicted octanol–water partition coefficient (Wildman–Crippen LogP) is 2.22. The third-order valence-corrected chi connectivity index (χ3v) is 5.15. The second-order valence-electron chi connectivity index (χ2n) is 5.46. The number of thiophene rings is 1. The lowest BCUT2D eigenvalue weighted by Gasteiger charge is -2.17. The normalized spacial score (nSPS) is 11.9. The number of likely N-dealkylation sites (N-methyl/N-ethyl adjacent to an activating group) is 1. The molecule has 0 aliphatic rings. The largest absolute Gasteiger partial charge is 0.329 e. The molecule has 5 nitrogen and oxygen atoms in total. The fourth-order valence-electron chi connectivity index (χ4n) is 2.33. The summed E-state index contributed by atoms with van der Waals surface area (Å²) in [6.07, 6.45) is 0. The van der Waals surface area contributed by atoms with Crippen molar-refractivity contribution < 1.29 is 0 Å². The van der Waals surface area contributed by atoms with Crippen LogP contribution in [-0.2, 0) is 6.54 Å². The molecule has 2 aromatic heterocycles. The molecule has 0 saturated carbocycles. The SMILES string of the molecule is CCN(CC)CCn1c(=O)[nH]c2sc(C(C)C)cc2c1=O. The highest BCUT2D eigenvalue weighted by Gasteiger charge is 2.13. The summed E-state index contributed by atoms with van der Waals surface area (Å²) >= 11 is 1.50. The minimum atomic E-state index is -0.309. The molecule has 2 heterocycles. The van der Waals surface area contributed by atoms with Crippen LogP contribution in [0.2, 0.25) is 0 Å². The van der Waals surface area contributed by atoms with Gasteiger partial charge in [-0.2, -0.15) is 0 Å². The van der Waals surface area contributed by atoms with Gasteiger partial charge in [-0.1, -0.05) is 27.7 Å². The van der Waals surface area contributed by atoms with Crippen molar-refractivity contribution in [1.29, 1.82) is 0 Å². The number of hydrogen-bond donors (Lipinski definition) is 1. The number of nitrogens with zero attached hydrogens (tertiary/aromatic N) is 2. The molecule has 0 bridgehead atoms. The maximum Gasteiger partial charge on any atom is 0.329 e. The van der Waals surface area contributed by atoms with Crippen molar-refractivity contribution in [3.63, 3.8) is 0 Å². The molecule has 0 aromatic carbocycles. The number of fused-ring (bicyclic) bond motifs is 1. The van der Waals surface area contributed by atoms with Crippen LogP contribution in [0, 0.1) is 0 Å². The third-order valence-electron chi connectivity index (χ3n) is 3.80. The number of hydrogen-bond acceptors (Lipinski definition) is 4. The van der Waals surface area contributed by atoms with Crippen LogP contribution in [0.1, 0.15) is 38.5 Å². The Hall–Kier alpha value is -1.40. The Morgan fingerprint density at radius 1 is 1.29 bits per heavy atom. The first-order valence-corrected chi connectivity index (χ1v) is 8.28. The van der Waals surface area contributed by atoms with Crippen LogP contribution >= 0.6 is 11.3 Å². The highest BCUT2D eigenvalue weighted by atomic mass is 32.1. The van der Waals surface area contributed by atoms with Gasteiger partial charge in [-0.05, 0) is 25.1 Å². The third kappa shape index (κ3) is 3.27. The zero-order valence-electron chi connectivity index (χ0n) is 13.1. The van der Waals surface area contributed by atoms with Crippen LogP contribution in [0.4, 0.5) is 0 Å². The van der Waals surface area contributed by atoms with Crippen molar-refractivity contribution in [2.24, 2.45) is 0 Å². The Balaban J connectivity index is 2.40. The molecule has 0 spiro atoms. The van der Waals surface area contributed by atoms with Crippen LogP contribution in [0.15, 0.2) is 15.7 Å². The summed E-state index contributed by atoms with van der Waals surface area (Å²) in [5, 5.41) is 0.628. The molecule has 2 rings (SSSR count). The fraction of sp³-hybridized carbons (Fsp3) is 0.600. The second kappa shape index (κ2) is 6.58. The van der Waals surface area contributed by atoms with Gasteiger partial charge >= 0.3 is 5.69 Å². The van der Waals surface area contributed by atoms with Gasteiger partial charge in [0, 0.05) is 18.0 Å². The molecule has 0 amide bonds. The lowest BCUT2D eigenvalue weighted by Crippen LogP contribution is -2.38.